The van der Waals surface area contributed by atoms with Crippen LogP contribution in [-0.4, -0.2) is 0 Å². The van der Waals surface area contributed by atoms with E-state index >= 15 is 0 Å². The Morgan fingerprint density at radius 3 is 1.54 bits per heavy atom. The lowest BCUT2D eigenvalue weighted by Gasteiger charge is -2.22. The van der Waals surface area contributed by atoms with Crippen molar-refractivity contribution in [1.82, 2.24) is 0 Å². The summed E-state index contributed by atoms with van der Waals surface area (Å²) in [6.45, 7) is 6.88. The van der Waals surface area contributed by atoms with Crippen LogP contribution in [0.5, 0.6) is 0 Å². The average Bonchev–Trinajstić information content (AvgIpc) is 2.61. The van der Waals surface area contributed by atoms with Gasteiger partial charge in [-0.05, 0) is 24.0 Å². The number of rotatable bonds is 16. The van der Waals surface area contributed by atoms with Gasteiger partial charge in [-0.2, -0.15) is 0 Å². The van der Waals surface area contributed by atoms with E-state index in [2.05, 4.69) is 54.3 Å². The van der Waals surface area contributed by atoms with Crippen molar-refractivity contribution in [1.29, 1.82) is 0 Å². The zero-order chi connectivity index (χ0) is 19.1. The van der Waals surface area contributed by atoms with Crippen LogP contribution >= 0.6 is 9.24 Å². The molecular weight excluding hydrogens is 331 g/mol. The van der Waals surface area contributed by atoms with Crippen molar-refractivity contribution in [2.75, 3.05) is 0 Å². The SMILES string of the molecule is CCCCCCCCCCCCCCCCc1ccccc1C(C)(C)P. The van der Waals surface area contributed by atoms with Gasteiger partial charge in [-0.3, -0.25) is 0 Å². The highest BCUT2D eigenvalue weighted by atomic mass is 31.0. The fourth-order valence-corrected chi connectivity index (χ4v) is 4.16. The molecule has 0 saturated heterocycles. The Morgan fingerprint density at radius 2 is 1.08 bits per heavy atom. The molecule has 0 spiro atoms. The van der Waals surface area contributed by atoms with Crippen LogP contribution in [0.3, 0.4) is 0 Å². The molecule has 1 aromatic carbocycles. The van der Waals surface area contributed by atoms with Crippen LogP contribution in [0.1, 0.15) is 122 Å². The number of unbranched alkanes of at least 4 members (excludes halogenated alkanes) is 13. The minimum Gasteiger partial charge on any atom is -0.127 e. The Morgan fingerprint density at radius 1 is 0.654 bits per heavy atom. The molecule has 150 valence electrons. The van der Waals surface area contributed by atoms with Crippen molar-refractivity contribution in [2.45, 2.75) is 122 Å². The Kier molecular flexibility index (Phi) is 13.4. The second-order valence-electron chi connectivity index (χ2n) is 8.73. The number of benzene rings is 1. The molecular formula is C25H45P. The second kappa shape index (κ2) is 14.7. The van der Waals surface area contributed by atoms with Crippen LogP contribution in [0.15, 0.2) is 24.3 Å². The van der Waals surface area contributed by atoms with Crippen molar-refractivity contribution in [3.63, 3.8) is 0 Å². The zero-order valence-electron chi connectivity index (χ0n) is 18.0. The van der Waals surface area contributed by atoms with Gasteiger partial charge in [0.1, 0.15) is 0 Å². The van der Waals surface area contributed by atoms with Crippen LogP contribution < -0.4 is 0 Å². The van der Waals surface area contributed by atoms with Gasteiger partial charge in [0.25, 0.3) is 0 Å². The first-order chi connectivity index (χ1) is 12.6. The van der Waals surface area contributed by atoms with Gasteiger partial charge < -0.3 is 0 Å². The molecule has 0 aliphatic carbocycles. The van der Waals surface area contributed by atoms with Gasteiger partial charge in [-0.25, -0.2) is 0 Å². The summed E-state index contributed by atoms with van der Waals surface area (Å²) in [4.78, 5) is 0. The zero-order valence-corrected chi connectivity index (χ0v) is 19.1. The minimum absolute atomic E-state index is 0.187. The van der Waals surface area contributed by atoms with E-state index in [0.717, 1.165) is 0 Å². The molecule has 1 aromatic rings. The molecule has 26 heavy (non-hydrogen) atoms. The van der Waals surface area contributed by atoms with Gasteiger partial charge in [0.15, 0.2) is 0 Å². The van der Waals surface area contributed by atoms with Gasteiger partial charge in [0, 0.05) is 5.16 Å². The Balaban J connectivity index is 1.96. The summed E-state index contributed by atoms with van der Waals surface area (Å²) in [5.74, 6) is 0. The van der Waals surface area contributed by atoms with Crippen LogP contribution in [0.25, 0.3) is 0 Å². The fourth-order valence-electron chi connectivity index (χ4n) is 3.88. The lowest BCUT2D eigenvalue weighted by atomic mass is 9.93. The summed E-state index contributed by atoms with van der Waals surface area (Å²) in [5, 5.41) is 0.187. The Hall–Kier alpha value is -0.350. The first kappa shape index (κ1) is 23.7. The topological polar surface area (TPSA) is 0 Å². The maximum Gasteiger partial charge on any atom is 0.00440 e. The molecule has 0 saturated carbocycles. The summed E-state index contributed by atoms with van der Waals surface area (Å²) >= 11 is 0. The van der Waals surface area contributed by atoms with E-state index in [-0.39, 0.29) is 5.16 Å². The van der Waals surface area contributed by atoms with Gasteiger partial charge in [0.2, 0.25) is 0 Å². The second-order valence-corrected chi connectivity index (χ2v) is 10.2. The van der Waals surface area contributed by atoms with Crippen molar-refractivity contribution < 1.29 is 0 Å². The van der Waals surface area contributed by atoms with E-state index in [1.807, 2.05) is 0 Å². The smallest absolute Gasteiger partial charge is 0.00440 e. The first-order valence-electron chi connectivity index (χ1n) is 11.4. The summed E-state index contributed by atoms with van der Waals surface area (Å²) in [7, 11) is 2.99. The monoisotopic (exact) mass is 376 g/mol. The van der Waals surface area contributed by atoms with Gasteiger partial charge in [-0.15, -0.1) is 9.24 Å². The number of hydrogen-bond acceptors (Lipinski definition) is 0. The molecule has 0 bridgehead atoms. The van der Waals surface area contributed by atoms with Crippen LogP contribution in [-0.2, 0) is 11.6 Å². The quantitative estimate of drug-likeness (QED) is 0.200. The third kappa shape index (κ3) is 11.4. The van der Waals surface area contributed by atoms with Crippen molar-refractivity contribution in [3.8, 4) is 0 Å². The minimum atomic E-state index is 0.187. The highest BCUT2D eigenvalue weighted by Gasteiger charge is 2.16. The Bertz CT molecular complexity index is 444. The van der Waals surface area contributed by atoms with Gasteiger partial charge >= 0.3 is 0 Å². The lowest BCUT2D eigenvalue weighted by Crippen LogP contribution is -2.10. The molecule has 0 fully saturated rings. The maximum atomic E-state index is 2.99. The lowest BCUT2D eigenvalue weighted by molar-refractivity contribution is 0.535. The summed E-state index contributed by atoms with van der Waals surface area (Å²) in [5.41, 5.74) is 3.05. The average molecular weight is 377 g/mol. The predicted molar refractivity (Wildman–Crippen MR) is 123 cm³/mol. The molecule has 1 unspecified atom stereocenters. The molecule has 1 atom stereocenters. The molecule has 0 amide bonds. The van der Waals surface area contributed by atoms with Crippen LogP contribution in [0.2, 0.25) is 0 Å². The molecule has 0 heterocycles. The third-order valence-electron chi connectivity index (χ3n) is 5.51. The normalized spacial score (nSPS) is 11.8. The maximum absolute atomic E-state index is 2.99. The van der Waals surface area contributed by atoms with E-state index in [1.165, 1.54) is 102 Å². The number of hydrogen-bond donors (Lipinski definition) is 0. The number of aryl methyl sites for hydroxylation is 1. The van der Waals surface area contributed by atoms with E-state index in [1.54, 1.807) is 5.56 Å². The summed E-state index contributed by atoms with van der Waals surface area (Å²) in [6.07, 6.45) is 21.3. The van der Waals surface area contributed by atoms with Crippen molar-refractivity contribution in [2.24, 2.45) is 0 Å². The summed E-state index contributed by atoms with van der Waals surface area (Å²) in [6, 6.07) is 8.99. The van der Waals surface area contributed by atoms with E-state index in [0.29, 0.717) is 0 Å². The third-order valence-corrected chi connectivity index (χ3v) is 5.82. The van der Waals surface area contributed by atoms with E-state index in [4.69, 9.17) is 0 Å². The van der Waals surface area contributed by atoms with Gasteiger partial charge in [0.05, 0.1) is 0 Å². The summed E-state index contributed by atoms with van der Waals surface area (Å²) < 4.78 is 0. The van der Waals surface area contributed by atoms with Crippen molar-refractivity contribution >= 4 is 9.24 Å². The van der Waals surface area contributed by atoms with E-state index in [9.17, 15) is 0 Å². The molecule has 0 nitrogen and oxygen atoms in total. The van der Waals surface area contributed by atoms with E-state index < -0.39 is 0 Å². The van der Waals surface area contributed by atoms with Crippen molar-refractivity contribution in [3.05, 3.63) is 35.4 Å². The molecule has 1 heteroatoms. The first-order valence-corrected chi connectivity index (χ1v) is 12.0. The molecule has 0 N–H and O–H groups in total. The Labute approximate surface area is 167 Å². The standard InChI is InChI=1S/C25H45P/c1-4-5-6-7-8-9-10-11-12-13-14-15-16-17-20-23-21-18-19-22-24(23)25(2,3)26/h18-19,21-22H,4-17,20,26H2,1-3H3. The molecule has 0 aliphatic rings. The fraction of sp³-hybridized carbons (Fsp3) is 0.760. The molecule has 0 radical (unpaired) electrons. The van der Waals surface area contributed by atoms with Crippen LogP contribution in [0, 0.1) is 0 Å². The highest BCUT2D eigenvalue weighted by Crippen LogP contribution is 2.33. The molecule has 1 rings (SSSR count). The molecule has 0 aromatic heterocycles. The van der Waals surface area contributed by atoms with Crippen LogP contribution in [0.4, 0.5) is 0 Å². The predicted octanol–water partition coefficient (Wildman–Crippen LogP) is 8.82. The molecule has 0 aliphatic heterocycles. The highest BCUT2D eigenvalue weighted by molar-refractivity contribution is 7.18. The largest absolute Gasteiger partial charge is 0.127 e. The van der Waals surface area contributed by atoms with Gasteiger partial charge in [-0.1, -0.05) is 129 Å².